The summed E-state index contributed by atoms with van der Waals surface area (Å²) in [7, 11) is 0. The molecule has 0 aliphatic rings. The van der Waals surface area contributed by atoms with Gasteiger partial charge in [0.05, 0.1) is 6.61 Å². The SMILES string of the molecule is [CH2]COc1cccc(N)c1. The fraction of sp³-hybridized carbons (Fsp3) is 0.125. The van der Waals surface area contributed by atoms with Gasteiger partial charge in [0.2, 0.25) is 0 Å². The smallest absolute Gasteiger partial charge is 0.121 e. The van der Waals surface area contributed by atoms with Crippen LogP contribution in [0.2, 0.25) is 0 Å². The van der Waals surface area contributed by atoms with E-state index >= 15 is 0 Å². The van der Waals surface area contributed by atoms with Gasteiger partial charge in [-0.15, -0.1) is 0 Å². The van der Waals surface area contributed by atoms with Crippen molar-refractivity contribution in [1.29, 1.82) is 0 Å². The van der Waals surface area contributed by atoms with Gasteiger partial charge in [-0.1, -0.05) is 6.07 Å². The van der Waals surface area contributed by atoms with Crippen LogP contribution in [0.5, 0.6) is 5.75 Å². The molecule has 0 aromatic heterocycles. The third-order valence-corrected chi connectivity index (χ3v) is 1.13. The summed E-state index contributed by atoms with van der Waals surface area (Å²) >= 11 is 0. The second-order valence-corrected chi connectivity index (χ2v) is 1.92. The largest absolute Gasteiger partial charge is 0.494 e. The van der Waals surface area contributed by atoms with Gasteiger partial charge in [0, 0.05) is 11.8 Å². The van der Waals surface area contributed by atoms with Gasteiger partial charge in [-0.3, -0.25) is 0 Å². The van der Waals surface area contributed by atoms with Crippen LogP contribution < -0.4 is 10.5 Å². The van der Waals surface area contributed by atoms with Crippen LogP contribution in [-0.2, 0) is 0 Å². The standard InChI is InChI=1S/C8H10NO/c1-2-10-8-5-3-4-7(9)6-8/h3-6H,1-2,9H2. The zero-order valence-corrected chi connectivity index (χ0v) is 5.71. The molecule has 0 bridgehead atoms. The van der Waals surface area contributed by atoms with E-state index in [1.54, 1.807) is 6.07 Å². The highest BCUT2D eigenvalue weighted by Gasteiger charge is 1.89. The van der Waals surface area contributed by atoms with E-state index in [4.69, 9.17) is 10.5 Å². The maximum Gasteiger partial charge on any atom is 0.121 e. The number of hydrogen-bond donors (Lipinski definition) is 1. The van der Waals surface area contributed by atoms with Gasteiger partial charge in [-0.25, -0.2) is 0 Å². The molecule has 0 heterocycles. The van der Waals surface area contributed by atoms with Crippen molar-refractivity contribution in [2.24, 2.45) is 0 Å². The number of ether oxygens (including phenoxy) is 1. The number of hydrogen-bond acceptors (Lipinski definition) is 2. The molecule has 2 N–H and O–H groups in total. The molecule has 0 saturated heterocycles. The van der Waals surface area contributed by atoms with Gasteiger partial charge in [0.15, 0.2) is 0 Å². The third-order valence-electron chi connectivity index (χ3n) is 1.13. The average molecular weight is 136 g/mol. The molecular weight excluding hydrogens is 126 g/mol. The molecule has 0 aliphatic heterocycles. The van der Waals surface area contributed by atoms with Crippen LogP contribution in [0.3, 0.4) is 0 Å². The molecule has 10 heavy (non-hydrogen) atoms. The van der Waals surface area contributed by atoms with Gasteiger partial charge in [0.1, 0.15) is 5.75 Å². The maximum absolute atomic E-state index is 5.49. The quantitative estimate of drug-likeness (QED) is 0.625. The van der Waals surface area contributed by atoms with Crippen LogP contribution >= 0.6 is 0 Å². The highest BCUT2D eigenvalue weighted by Crippen LogP contribution is 2.13. The van der Waals surface area contributed by atoms with Crippen molar-refractivity contribution in [2.45, 2.75) is 0 Å². The first kappa shape index (κ1) is 6.93. The van der Waals surface area contributed by atoms with E-state index in [0.29, 0.717) is 12.3 Å². The van der Waals surface area contributed by atoms with Crippen molar-refractivity contribution < 1.29 is 4.74 Å². The first-order valence-electron chi connectivity index (χ1n) is 3.10. The van der Waals surface area contributed by atoms with Crippen molar-refractivity contribution in [3.63, 3.8) is 0 Å². The first-order chi connectivity index (χ1) is 4.83. The van der Waals surface area contributed by atoms with Crippen molar-refractivity contribution in [3.8, 4) is 5.75 Å². The summed E-state index contributed by atoms with van der Waals surface area (Å²) in [5.41, 5.74) is 6.20. The van der Waals surface area contributed by atoms with Crippen molar-refractivity contribution in [1.82, 2.24) is 0 Å². The van der Waals surface area contributed by atoms with E-state index in [2.05, 4.69) is 6.92 Å². The molecule has 0 fully saturated rings. The Bertz CT molecular complexity index is 210. The molecule has 2 heteroatoms. The van der Waals surface area contributed by atoms with Gasteiger partial charge in [-0.05, 0) is 19.1 Å². The van der Waals surface area contributed by atoms with E-state index in [1.807, 2.05) is 18.2 Å². The van der Waals surface area contributed by atoms with E-state index in [-0.39, 0.29) is 0 Å². The normalized spacial score (nSPS) is 9.30. The summed E-state index contributed by atoms with van der Waals surface area (Å²) in [6.45, 7) is 3.98. The lowest BCUT2D eigenvalue weighted by atomic mass is 10.3. The average Bonchev–Trinajstić information content (AvgIpc) is 1.88. The van der Waals surface area contributed by atoms with E-state index in [0.717, 1.165) is 5.75 Å². The fourth-order valence-corrected chi connectivity index (χ4v) is 0.722. The molecule has 1 radical (unpaired) electrons. The number of benzene rings is 1. The molecule has 53 valence electrons. The summed E-state index contributed by atoms with van der Waals surface area (Å²) in [6.07, 6.45) is 0. The molecule has 0 aliphatic carbocycles. The van der Waals surface area contributed by atoms with Crippen LogP contribution in [0.15, 0.2) is 24.3 Å². The molecule has 0 amide bonds. The molecule has 2 nitrogen and oxygen atoms in total. The Kier molecular flexibility index (Phi) is 2.15. The Morgan fingerprint density at radius 3 is 2.90 bits per heavy atom. The summed E-state index contributed by atoms with van der Waals surface area (Å²) in [5, 5.41) is 0. The molecule has 0 unspecified atom stereocenters. The molecular formula is C8H10NO. The summed E-state index contributed by atoms with van der Waals surface area (Å²) < 4.78 is 5.10. The minimum Gasteiger partial charge on any atom is -0.494 e. The zero-order valence-electron chi connectivity index (χ0n) is 5.71. The number of nitrogen functional groups attached to an aromatic ring is 1. The van der Waals surface area contributed by atoms with Crippen LogP contribution in [0.4, 0.5) is 5.69 Å². The molecule has 1 rings (SSSR count). The van der Waals surface area contributed by atoms with Crippen molar-refractivity contribution in [2.75, 3.05) is 12.3 Å². The minimum absolute atomic E-state index is 0.434. The highest BCUT2D eigenvalue weighted by atomic mass is 16.5. The van der Waals surface area contributed by atoms with Crippen LogP contribution in [-0.4, -0.2) is 6.61 Å². The Labute approximate surface area is 60.6 Å². The molecule has 0 spiro atoms. The monoisotopic (exact) mass is 136 g/mol. The predicted molar refractivity (Wildman–Crippen MR) is 41.7 cm³/mol. The van der Waals surface area contributed by atoms with Crippen LogP contribution in [0.1, 0.15) is 0 Å². The highest BCUT2D eigenvalue weighted by molar-refractivity contribution is 5.43. The predicted octanol–water partition coefficient (Wildman–Crippen LogP) is 1.48. The summed E-state index contributed by atoms with van der Waals surface area (Å²) in [6, 6.07) is 7.28. The molecule has 1 aromatic carbocycles. The second-order valence-electron chi connectivity index (χ2n) is 1.92. The Hall–Kier alpha value is -1.18. The van der Waals surface area contributed by atoms with Crippen molar-refractivity contribution >= 4 is 5.69 Å². The number of anilines is 1. The minimum atomic E-state index is 0.434. The zero-order chi connectivity index (χ0) is 7.40. The lowest BCUT2D eigenvalue weighted by Crippen LogP contribution is -1.92. The summed E-state index contributed by atoms with van der Waals surface area (Å²) in [5.74, 6) is 0.773. The van der Waals surface area contributed by atoms with Crippen molar-refractivity contribution in [3.05, 3.63) is 31.2 Å². The Balaban J connectivity index is 2.75. The second kappa shape index (κ2) is 3.11. The van der Waals surface area contributed by atoms with Gasteiger partial charge in [-0.2, -0.15) is 0 Å². The molecule has 0 atom stereocenters. The Morgan fingerprint density at radius 1 is 1.50 bits per heavy atom. The van der Waals surface area contributed by atoms with Crippen LogP contribution in [0.25, 0.3) is 0 Å². The van der Waals surface area contributed by atoms with E-state index < -0.39 is 0 Å². The van der Waals surface area contributed by atoms with Gasteiger partial charge in [0.25, 0.3) is 0 Å². The van der Waals surface area contributed by atoms with Crippen LogP contribution in [0, 0.1) is 6.92 Å². The van der Waals surface area contributed by atoms with E-state index in [9.17, 15) is 0 Å². The topological polar surface area (TPSA) is 35.2 Å². The fourth-order valence-electron chi connectivity index (χ4n) is 0.722. The number of nitrogens with two attached hydrogens (primary N) is 1. The molecule has 0 saturated carbocycles. The first-order valence-corrected chi connectivity index (χ1v) is 3.10. The lowest BCUT2D eigenvalue weighted by Gasteiger charge is -2.01. The third kappa shape index (κ3) is 1.65. The van der Waals surface area contributed by atoms with Gasteiger partial charge < -0.3 is 10.5 Å². The maximum atomic E-state index is 5.49. The number of rotatable bonds is 2. The lowest BCUT2D eigenvalue weighted by molar-refractivity contribution is 0.361. The molecule has 1 aromatic rings. The Morgan fingerprint density at radius 2 is 2.30 bits per heavy atom. The summed E-state index contributed by atoms with van der Waals surface area (Å²) in [4.78, 5) is 0. The van der Waals surface area contributed by atoms with Gasteiger partial charge >= 0.3 is 0 Å². The van der Waals surface area contributed by atoms with E-state index in [1.165, 1.54) is 0 Å².